The lowest BCUT2D eigenvalue weighted by atomic mass is 10.0. The van der Waals surface area contributed by atoms with Gasteiger partial charge in [-0.05, 0) is 66.9 Å². The summed E-state index contributed by atoms with van der Waals surface area (Å²) in [7, 11) is 0. The van der Waals surface area contributed by atoms with Crippen molar-refractivity contribution in [2.45, 2.75) is 13.0 Å². The summed E-state index contributed by atoms with van der Waals surface area (Å²) >= 11 is 8.95. The highest BCUT2D eigenvalue weighted by atomic mass is 79.9. The number of hydrogen-bond donors (Lipinski definition) is 1. The van der Waals surface area contributed by atoms with Crippen molar-refractivity contribution in [1.82, 2.24) is 5.32 Å². The summed E-state index contributed by atoms with van der Waals surface area (Å²) in [5.74, 6) is 0. The van der Waals surface area contributed by atoms with E-state index in [9.17, 15) is 0 Å². The molecule has 21 heavy (non-hydrogen) atoms. The number of fused-ring (bicyclic) bond motifs is 1. The van der Waals surface area contributed by atoms with E-state index in [2.05, 4.69) is 92.6 Å². The lowest BCUT2D eigenvalue weighted by Crippen LogP contribution is -2.21. The van der Waals surface area contributed by atoms with Crippen molar-refractivity contribution in [1.29, 1.82) is 0 Å². The number of halogens is 2. The predicted octanol–water partition coefficient (Wildman–Crippen LogP) is 6.13. The van der Waals surface area contributed by atoms with Crippen LogP contribution in [0, 0.1) is 0 Å². The third-order valence-corrected chi connectivity index (χ3v) is 6.78. The fourth-order valence-electron chi connectivity index (χ4n) is 2.48. The van der Waals surface area contributed by atoms with Crippen molar-refractivity contribution >= 4 is 54.0 Å². The number of hydrogen-bond acceptors (Lipinski definition) is 2. The fraction of sp³-hybridized carbons (Fsp3) is 0.176. The predicted molar refractivity (Wildman–Crippen MR) is 99.2 cm³/mol. The molecule has 0 fully saturated rings. The van der Waals surface area contributed by atoms with E-state index in [1.165, 1.54) is 21.2 Å². The first kappa shape index (κ1) is 15.2. The molecule has 0 bridgehead atoms. The molecule has 2 aromatic carbocycles. The van der Waals surface area contributed by atoms with E-state index in [0.717, 1.165) is 14.8 Å². The largest absolute Gasteiger partial charge is 0.306 e. The zero-order valence-electron chi connectivity index (χ0n) is 11.6. The van der Waals surface area contributed by atoms with E-state index in [1.54, 1.807) is 11.3 Å². The summed E-state index contributed by atoms with van der Waals surface area (Å²) in [6, 6.07) is 17.6. The van der Waals surface area contributed by atoms with Crippen molar-refractivity contribution in [3.8, 4) is 0 Å². The summed E-state index contributed by atoms with van der Waals surface area (Å²) in [5.41, 5.74) is 1.30. The second-order valence-electron chi connectivity index (χ2n) is 4.87. The molecule has 4 heteroatoms. The smallest absolute Gasteiger partial charge is 0.0843 e. The van der Waals surface area contributed by atoms with E-state index < -0.39 is 0 Å². The van der Waals surface area contributed by atoms with Gasteiger partial charge in [-0.2, -0.15) is 0 Å². The molecule has 3 aromatic rings. The molecule has 1 unspecified atom stereocenters. The minimum absolute atomic E-state index is 0.229. The van der Waals surface area contributed by atoms with E-state index in [1.807, 2.05) is 0 Å². The summed E-state index contributed by atoms with van der Waals surface area (Å²) < 4.78 is 2.26. The summed E-state index contributed by atoms with van der Waals surface area (Å²) in [6.45, 7) is 3.08. The summed E-state index contributed by atoms with van der Waals surface area (Å²) in [5, 5.41) is 6.16. The standard InChI is InChI=1S/C17H15Br2NS/c1-2-20-16(15-10-14(18)17(19)21-15)13-8-7-11-5-3-4-6-12(11)9-13/h3-10,16,20H,2H2,1H3. The van der Waals surface area contributed by atoms with Crippen LogP contribution in [0.15, 0.2) is 56.8 Å². The van der Waals surface area contributed by atoms with Gasteiger partial charge in [0.2, 0.25) is 0 Å². The third-order valence-electron chi connectivity index (χ3n) is 3.46. The van der Waals surface area contributed by atoms with E-state index >= 15 is 0 Å². The topological polar surface area (TPSA) is 12.0 Å². The van der Waals surface area contributed by atoms with Gasteiger partial charge >= 0.3 is 0 Å². The highest BCUT2D eigenvalue weighted by molar-refractivity contribution is 9.13. The van der Waals surface area contributed by atoms with Gasteiger partial charge in [-0.3, -0.25) is 0 Å². The Morgan fingerprint density at radius 1 is 1.05 bits per heavy atom. The molecule has 0 aliphatic carbocycles. The Morgan fingerprint density at radius 3 is 2.48 bits per heavy atom. The second-order valence-corrected chi connectivity index (χ2v) is 8.12. The Labute approximate surface area is 145 Å². The first-order valence-electron chi connectivity index (χ1n) is 6.86. The molecule has 0 spiro atoms. The second kappa shape index (κ2) is 6.61. The van der Waals surface area contributed by atoms with E-state index in [-0.39, 0.29) is 6.04 Å². The molecule has 3 rings (SSSR count). The maximum absolute atomic E-state index is 3.59. The van der Waals surface area contributed by atoms with Crippen LogP contribution in [0.1, 0.15) is 23.4 Å². The average molecular weight is 425 g/mol. The average Bonchev–Trinajstić information content (AvgIpc) is 2.83. The highest BCUT2D eigenvalue weighted by Crippen LogP contribution is 2.38. The minimum Gasteiger partial charge on any atom is -0.306 e. The minimum atomic E-state index is 0.229. The molecule has 1 heterocycles. The summed E-state index contributed by atoms with van der Waals surface area (Å²) in [6.07, 6.45) is 0. The van der Waals surface area contributed by atoms with Crippen molar-refractivity contribution in [2.24, 2.45) is 0 Å². The zero-order valence-corrected chi connectivity index (χ0v) is 15.6. The van der Waals surface area contributed by atoms with Gasteiger partial charge in [-0.15, -0.1) is 11.3 Å². The van der Waals surface area contributed by atoms with Crippen molar-refractivity contribution in [2.75, 3.05) is 6.54 Å². The molecule has 0 amide bonds. The maximum atomic E-state index is 3.59. The third kappa shape index (κ3) is 3.24. The Kier molecular flexibility index (Phi) is 4.79. The lowest BCUT2D eigenvalue weighted by molar-refractivity contribution is 0.640. The highest BCUT2D eigenvalue weighted by Gasteiger charge is 2.17. The van der Waals surface area contributed by atoms with Crippen molar-refractivity contribution in [3.05, 3.63) is 67.2 Å². The Bertz CT molecular complexity index is 747. The van der Waals surface area contributed by atoms with Crippen LogP contribution in [0.5, 0.6) is 0 Å². The number of benzene rings is 2. The molecule has 0 aliphatic heterocycles. The van der Waals surface area contributed by atoms with Crippen LogP contribution >= 0.6 is 43.2 Å². The molecule has 0 radical (unpaired) electrons. The Morgan fingerprint density at radius 2 is 1.81 bits per heavy atom. The van der Waals surface area contributed by atoms with Crippen LogP contribution in [0.4, 0.5) is 0 Å². The van der Waals surface area contributed by atoms with Crippen LogP contribution < -0.4 is 5.32 Å². The Hall–Kier alpha value is -0.680. The molecular formula is C17H15Br2NS. The quantitative estimate of drug-likeness (QED) is 0.531. The van der Waals surface area contributed by atoms with Gasteiger partial charge in [0.25, 0.3) is 0 Å². The number of nitrogens with one attached hydrogen (secondary N) is 1. The normalized spacial score (nSPS) is 12.7. The lowest BCUT2D eigenvalue weighted by Gasteiger charge is -2.17. The van der Waals surface area contributed by atoms with Crippen molar-refractivity contribution in [3.63, 3.8) is 0 Å². The molecule has 0 aliphatic rings. The Balaban J connectivity index is 2.06. The van der Waals surface area contributed by atoms with Crippen LogP contribution in [-0.2, 0) is 0 Å². The number of rotatable bonds is 4. The molecule has 0 saturated heterocycles. The molecule has 1 nitrogen and oxygen atoms in total. The molecule has 1 N–H and O–H groups in total. The molecular weight excluding hydrogens is 410 g/mol. The van der Waals surface area contributed by atoms with Crippen LogP contribution in [-0.4, -0.2) is 6.54 Å². The van der Waals surface area contributed by atoms with Gasteiger partial charge in [0, 0.05) is 9.35 Å². The van der Waals surface area contributed by atoms with Crippen LogP contribution in [0.2, 0.25) is 0 Å². The molecule has 0 saturated carbocycles. The molecule has 1 atom stereocenters. The van der Waals surface area contributed by atoms with Gasteiger partial charge in [-0.1, -0.05) is 43.3 Å². The van der Waals surface area contributed by atoms with Gasteiger partial charge in [-0.25, -0.2) is 0 Å². The van der Waals surface area contributed by atoms with E-state index in [0.29, 0.717) is 0 Å². The zero-order chi connectivity index (χ0) is 14.8. The van der Waals surface area contributed by atoms with Crippen LogP contribution in [0.3, 0.4) is 0 Å². The van der Waals surface area contributed by atoms with Crippen LogP contribution in [0.25, 0.3) is 10.8 Å². The molecule has 108 valence electrons. The van der Waals surface area contributed by atoms with Crippen molar-refractivity contribution < 1.29 is 0 Å². The van der Waals surface area contributed by atoms with Gasteiger partial charge in [0.05, 0.1) is 9.83 Å². The fourth-order valence-corrected chi connectivity index (χ4v) is 4.67. The van der Waals surface area contributed by atoms with Gasteiger partial charge in [0.1, 0.15) is 0 Å². The monoisotopic (exact) mass is 423 g/mol. The van der Waals surface area contributed by atoms with E-state index in [4.69, 9.17) is 0 Å². The van der Waals surface area contributed by atoms with Gasteiger partial charge < -0.3 is 5.32 Å². The summed E-state index contributed by atoms with van der Waals surface area (Å²) in [4.78, 5) is 1.31. The molecule has 1 aromatic heterocycles. The van der Waals surface area contributed by atoms with Gasteiger partial charge in [0.15, 0.2) is 0 Å². The first-order chi connectivity index (χ1) is 10.2. The number of thiophene rings is 1. The first-order valence-corrected chi connectivity index (χ1v) is 9.26. The SMILES string of the molecule is CCNC(c1ccc2ccccc2c1)c1cc(Br)c(Br)s1. The maximum Gasteiger partial charge on any atom is 0.0843 e.